The van der Waals surface area contributed by atoms with Gasteiger partial charge < -0.3 is 9.84 Å². The van der Waals surface area contributed by atoms with Gasteiger partial charge in [0.1, 0.15) is 11.9 Å². The van der Waals surface area contributed by atoms with Gasteiger partial charge >= 0.3 is 5.97 Å². The van der Waals surface area contributed by atoms with Gasteiger partial charge in [-0.15, -0.1) is 0 Å². The number of ether oxygens (including phenoxy) is 1. The second-order valence-corrected chi connectivity index (χ2v) is 4.21. The van der Waals surface area contributed by atoms with Crippen LogP contribution in [0.3, 0.4) is 0 Å². The van der Waals surface area contributed by atoms with Crippen LogP contribution in [-0.4, -0.2) is 17.2 Å². The third kappa shape index (κ3) is 2.54. The van der Waals surface area contributed by atoms with Crippen molar-refractivity contribution in [2.24, 2.45) is 0 Å². The lowest BCUT2D eigenvalue weighted by molar-refractivity contribution is -0.145. The van der Waals surface area contributed by atoms with Crippen LogP contribution in [0.4, 0.5) is 0 Å². The molecule has 0 saturated heterocycles. The van der Waals surface area contributed by atoms with E-state index in [-0.39, 0.29) is 17.8 Å². The molecule has 1 aliphatic rings. The zero-order chi connectivity index (χ0) is 11.5. The van der Waals surface area contributed by atoms with Gasteiger partial charge in [0, 0.05) is 12.3 Å². The average molecular weight is 220 g/mol. The molecule has 2 atom stereocenters. The topological polar surface area (TPSA) is 46.5 Å². The summed E-state index contributed by atoms with van der Waals surface area (Å²) in [6.07, 6.45) is 2.28. The maximum absolute atomic E-state index is 11.3. The summed E-state index contributed by atoms with van der Waals surface area (Å²) < 4.78 is 5.30. The Morgan fingerprint density at radius 3 is 2.75 bits per heavy atom. The number of hydrogen-bond donors (Lipinski definition) is 1. The van der Waals surface area contributed by atoms with Crippen molar-refractivity contribution in [3.63, 3.8) is 0 Å². The molecular formula is C13H16O3. The summed E-state index contributed by atoms with van der Waals surface area (Å²) in [5.74, 6) is 0.485. The molecule has 1 aliphatic carbocycles. The van der Waals surface area contributed by atoms with Crippen LogP contribution in [0.1, 0.15) is 37.7 Å². The highest BCUT2D eigenvalue weighted by Crippen LogP contribution is 2.43. The van der Waals surface area contributed by atoms with E-state index in [0.717, 1.165) is 18.4 Å². The van der Waals surface area contributed by atoms with Crippen LogP contribution < -0.4 is 0 Å². The zero-order valence-corrected chi connectivity index (χ0v) is 9.35. The van der Waals surface area contributed by atoms with Crippen LogP contribution >= 0.6 is 0 Å². The summed E-state index contributed by atoms with van der Waals surface area (Å²) in [5, 5.41) is 9.15. The van der Waals surface area contributed by atoms with Gasteiger partial charge in [-0.25, -0.2) is 0 Å². The van der Waals surface area contributed by atoms with E-state index in [2.05, 4.69) is 0 Å². The Balaban J connectivity index is 1.87. The Morgan fingerprint density at radius 1 is 1.44 bits per heavy atom. The summed E-state index contributed by atoms with van der Waals surface area (Å²) in [7, 11) is 0. The Hall–Kier alpha value is -1.51. The number of esters is 1. The van der Waals surface area contributed by atoms with Gasteiger partial charge in [-0.1, -0.05) is 19.1 Å². The van der Waals surface area contributed by atoms with Crippen LogP contribution in [0.2, 0.25) is 0 Å². The third-order valence-corrected chi connectivity index (χ3v) is 2.79. The molecule has 3 nitrogen and oxygen atoms in total. The van der Waals surface area contributed by atoms with E-state index in [0.29, 0.717) is 12.3 Å². The van der Waals surface area contributed by atoms with Crippen molar-refractivity contribution < 1.29 is 14.6 Å². The molecule has 2 unspecified atom stereocenters. The minimum Gasteiger partial charge on any atom is -0.508 e. The van der Waals surface area contributed by atoms with Gasteiger partial charge in [-0.3, -0.25) is 4.79 Å². The number of benzene rings is 1. The molecule has 1 aromatic carbocycles. The highest BCUT2D eigenvalue weighted by Gasteiger charge is 2.41. The zero-order valence-electron chi connectivity index (χ0n) is 9.35. The highest BCUT2D eigenvalue weighted by atomic mass is 16.5. The average Bonchev–Trinajstić information content (AvgIpc) is 2.98. The minimum atomic E-state index is -0.103. The van der Waals surface area contributed by atoms with Crippen molar-refractivity contribution in [2.45, 2.75) is 38.2 Å². The van der Waals surface area contributed by atoms with Gasteiger partial charge in [0.2, 0.25) is 0 Å². The van der Waals surface area contributed by atoms with Crippen LogP contribution in [0, 0.1) is 0 Å². The SMILES string of the molecule is CCCC(=O)OC1CC1c1ccc(O)cc1. The molecule has 0 spiro atoms. The van der Waals surface area contributed by atoms with E-state index < -0.39 is 0 Å². The molecule has 0 heterocycles. The predicted octanol–water partition coefficient (Wildman–Crippen LogP) is 2.59. The van der Waals surface area contributed by atoms with E-state index in [4.69, 9.17) is 9.84 Å². The molecule has 1 aromatic rings. The van der Waals surface area contributed by atoms with Gasteiger partial charge in [-0.05, 0) is 30.5 Å². The number of phenolic OH excluding ortho intramolecular Hbond substituents is 1. The smallest absolute Gasteiger partial charge is 0.306 e. The molecule has 2 rings (SSSR count). The third-order valence-electron chi connectivity index (χ3n) is 2.79. The van der Waals surface area contributed by atoms with Crippen molar-refractivity contribution in [1.29, 1.82) is 0 Å². The first-order chi connectivity index (χ1) is 7.70. The van der Waals surface area contributed by atoms with E-state index in [1.54, 1.807) is 12.1 Å². The lowest BCUT2D eigenvalue weighted by Crippen LogP contribution is -2.06. The first-order valence-corrected chi connectivity index (χ1v) is 5.69. The second-order valence-electron chi connectivity index (χ2n) is 4.21. The van der Waals surface area contributed by atoms with E-state index in [9.17, 15) is 4.79 Å². The molecule has 1 saturated carbocycles. The molecule has 86 valence electrons. The van der Waals surface area contributed by atoms with E-state index >= 15 is 0 Å². The molecule has 0 aliphatic heterocycles. The van der Waals surface area contributed by atoms with E-state index in [1.165, 1.54) is 0 Å². The Bertz CT molecular complexity index is 369. The van der Waals surface area contributed by atoms with Crippen molar-refractivity contribution in [2.75, 3.05) is 0 Å². The molecule has 16 heavy (non-hydrogen) atoms. The Kier molecular flexibility index (Phi) is 3.13. The molecule has 0 bridgehead atoms. The van der Waals surface area contributed by atoms with Crippen molar-refractivity contribution in [1.82, 2.24) is 0 Å². The monoisotopic (exact) mass is 220 g/mol. The number of phenols is 1. The van der Waals surface area contributed by atoms with Crippen LogP contribution in [0.25, 0.3) is 0 Å². The summed E-state index contributed by atoms with van der Waals surface area (Å²) in [5.41, 5.74) is 1.13. The van der Waals surface area contributed by atoms with Crippen molar-refractivity contribution in [3.05, 3.63) is 29.8 Å². The lowest BCUT2D eigenvalue weighted by Gasteiger charge is -2.03. The lowest BCUT2D eigenvalue weighted by atomic mass is 10.1. The van der Waals surface area contributed by atoms with Crippen molar-refractivity contribution in [3.8, 4) is 5.75 Å². The largest absolute Gasteiger partial charge is 0.508 e. The summed E-state index contributed by atoms with van der Waals surface area (Å²) in [6.45, 7) is 1.96. The van der Waals surface area contributed by atoms with Gasteiger partial charge in [0.05, 0.1) is 0 Å². The number of hydrogen-bond acceptors (Lipinski definition) is 3. The second kappa shape index (κ2) is 4.56. The molecule has 3 heteroatoms. The summed E-state index contributed by atoms with van der Waals surface area (Å²) in [4.78, 5) is 11.3. The summed E-state index contributed by atoms with van der Waals surface area (Å²) in [6, 6.07) is 7.10. The first-order valence-electron chi connectivity index (χ1n) is 5.69. The molecule has 1 N–H and O–H groups in total. The van der Waals surface area contributed by atoms with Gasteiger partial charge in [0.15, 0.2) is 0 Å². The van der Waals surface area contributed by atoms with Crippen LogP contribution in [0.5, 0.6) is 5.75 Å². The molecule has 0 amide bonds. The predicted molar refractivity (Wildman–Crippen MR) is 60.3 cm³/mol. The molecule has 0 aromatic heterocycles. The highest BCUT2D eigenvalue weighted by molar-refractivity contribution is 5.69. The van der Waals surface area contributed by atoms with E-state index in [1.807, 2.05) is 19.1 Å². The normalized spacial score (nSPS) is 22.8. The van der Waals surface area contributed by atoms with Crippen LogP contribution in [0.15, 0.2) is 24.3 Å². The molecular weight excluding hydrogens is 204 g/mol. The Labute approximate surface area is 95.0 Å². The fraction of sp³-hybridized carbons (Fsp3) is 0.462. The number of rotatable bonds is 4. The molecule has 1 fully saturated rings. The fourth-order valence-corrected chi connectivity index (χ4v) is 1.81. The minimum absolute atomic E-state index is 0.0450. The standard InChI is InChI=1S/C13H16O3/c1-2-3-13(15)16-12-8-11(12)9-4-6-10(14)7-5-9/h4-7,11-12,14H,2-3,8H2,1H3. The number of carbonyl (C=O) groups is 1. The number of aromatic hydroxyl groups is 1. The Morgan fingerprint density at radius 2 is 2.12 bits per heavy atom. The van der Waals surface area contributed by atoms with Gasteiger partial charge in [0.25, 0.3) is 0 Å². The van der Waals surface area contributed by atoms with Crippen molar-refractivity contribution >= 4 is 5.97 Å². The maximum Gasteiger partial charge on any atom is 0.306 e. The first kappa shape index (κ1) is 11.0. The van der Waals surface area contributed by atoms with Gasteiger partial charge in [-0.2, -0.15) is 0 Å². The quantitative estimate of drug-likeness (QED) is 0.793. The van der Waals surface area contributed by atoms with Crippen LogP contribution in [-0.2, 0) is 9.53 Å². The summed E-state index contributed by atoms with van der Waals surface area (Å²) >= 11 is 0. The fourth-order valence-electron chi connectivity index (χ4n) is 1.81. The number of carbonyl (C=O) groups excluding carboxylic acids is 1. The molecule has 0 radical (unpaired) electrons. The maximum atomic E-state index is 11.3.